The van der Waals surface area contributed by atoms with Gasteiger partial charge in [-0.1, -0.05) is 20.3 Å². The van der Waals surface area contributed by atoms with Crippen molar-refractivity contribution in [2.75, 3.05) is 19.7 Å². The largest absolute Gasteiger partial charge is 0.396 e. The highest BCUT2D eigenvalue weighted by atomic mass is 16.3. The monoisotopic (exact) mass is 286 g/mol. The Labute approximate surface area is 122 Å². The fourth-order valence-corrected chi connectivity index (χ4v) is 2.60. The highest BCUT2D eigenvalue weighted by molar-refractivity contribution is 5.73. The topological polar surface area (TPSA) is 81.6 Å². The third-order valence-corrected chi connectivity index (χ3v) is 4.05. The number of carbonyl (C=O) groups is 1. The van der Waals surface area contributed by atoms with Crippen molar-refractivity contribution in [3.05, 3.63) is 0 Å². The maximum absolute atomic E-state index is 11.6. The second kappa shape index (κ2) is 8.47. The van der Waals surface area contributed by atoms with Crippen LogP contribution in [0.1, 0.15) is 52.4 Å². The Hall–Kier alpha value is -0.810. The van der Waals surface area contributed by atoms with Gasteiger partial charge in [0.25, 0.3) is 0 Å². The highest BCUT2D eigenvalue weighted by Gasteiger charge is 2.20. The van der Waals surface area contributed by atoms with Crippen LogP contribution in [0.4, 0.5) is 4.79 Å². The zero-order valence-electron chi connectivity index (χ0n) is 12.8. The first-order valence-electron chi connectivity index (χ1n) is 7.73. The average molecular weight is 286 g/mol. The van der Waals surface area contributed by atoms with Gasteiger partial charge in [0.1, 0.15) is 0 Å². The lowest BCUT2D eigenvalue weighted by Gasteiger charge is -2.26. The maximum atomic E-state index is 11.6. The van der Waals surface area contributed by atoms with E-state index in [-0.39, 0.29) is 24.2 Å². The molecular formula is C15H30N2O3. The lowest BCUT2D eigenvalue weighted by atomic mass is 9.87. The van der Waals surface area contributed by atoms with E-state index in [1.807, 2.05) is 13.8 Å². The Morgan fingerprint density at radius 3 is 2.70 bits per heavy atom. The van der Waals surface area contributed by atoms with Crippen LogP contribution in [0, 0.1) is 11.3 Å². The van der Waals surface area contributed by atoms with Crippen molar-refractivity contribution in [3.8, 4) is 0 Å². The van der Waals surface area contributed by atoms with Crippen LogP contribution in [-0.2, 0) is 0 Å². The second-order valence-corrected chi connectivity index (χ2v) is 6.75. The SMILES string of the molecule is CC(C)(CO)CCCNC(=O)NCC1CCCC(O)C1. The van der Waals surface area contributed by atoms with Gasteiger partial charge in [-0.15, -0.1) is 0 Å². The van der Waals surface area contributed by atoms with Gasteiger partial charge in [0.05, 0.1) is 6.10 Å². The van der Waals surface area contributed by atoms with Gasteiger partial charge in [0.15, 0.2) is 0 Å². The highest BCUT2D eigenvalue weighted by Crippen LogP contribution is 2.23. The van der Waals surface area contributed by atoms with E-state index in [1.54, 1.807) is 0 Å². The van der Waals surface area contributed by atoms with E-state index in [2.05, 4.69) is 10.6 Å². The molecule has 0 saturated heterocycles. The minimum absolute atomic E-state index is 0.0730. The smallest absolute Gasteiger partial charge is 0.314 e. The molecule has 2 amide bonds. The number of carbonyl (C=O) groups excluding carboxylic acids is 1. The first kappa shape index (κ1) is 17.2. The van der Waals surface area contributed by atoms with E-state index in [1.165, 1.54) is 0 Å². The van der Waals surface area contributed by atoms with Crippen molar-refractivity contribution in [2.24, 2.45) is 11.3 Å². The van der Waals surface area contributed by atoms with E-state index in [9.17, 15) is 9.90 Å². The number of aliphatic hydroxyl groups excluding tert-OH is 2. The lowest BCUT2D eigenvalue weighted by molar-refractivity contribution is 0.101. The summed E-state index contributed by atoms with van der Waals surface area (Å²) in [5, 5.41) is 24.4. The van der Waals surface area contributed by atoms with E-state index >= 15 is 0 Å². The van der Waals surface area contributed by atoms with Gasteiger partial charge in [0.2, 0.25) is 0 Å². The number of amides is 2. The molecule has 0 bridgehead atoms. The van der Waals surface area contributed by atoms with E-state index in [0.717, 1.165) is 38.5 Å². The summed E-state index contributed by atoms with van der Waals surface area (Å²) in [7, 11) is 0. The second-order valence-electron chi connectivity index (χ2n) is 6.75. The number of hydrogen-bond acceptors (Lipinski definition) is 3. The molecule has 2 atom stereocenters. The third kappa shape index (κ3) is 7.10. The standard InChI is InChI=1S/C15H30N2O3/c1-15(2,11-18)7-4-8-16-14(20)17-10-12-5-3-6-13(19)9-12/h12-13,18-19H,3-11H2,1-2H3,(H2,16,17,20). The summed E-state index contributed by atoms with van der Waals surface area (Å²) in [6.45, 7) is 5.47. The fraction of sp³-hybridized carbons (Fsp3) is 0.933. The van der Waals surface area contributed by atoms with Gasteiger partial charge in [-0.25, -0.2) is 4.79 Å². The fourth-order valence-electron chi connectivity index (χ4n) is 2.60. The predicted octanol–water partition coefficient (Wildman–Crippen LogP) is 1.64. The van der Waals surface area contributed by atoms with Crippen molar-refractivity contribution in [1.82, 2.24) is 10.6 Å². The molecule has 2 unspecified atom stereocenters. The molecule has 5 heteroatoms. The summed E-state index contributed by atoms with van der Waals surface area (Å²) >= 11 is 0. The minimum Gasteiger partial charge on any atom is -0.396 e. The number of nitrogens with one attached hydrogen (secondary N) is 2. The molecule has 0 aromatic carbocycles. The zero-order valence-corrected chi connectivity index (χ0v) is 12.8. The molecule has 1 aliphatic rings. The molecule has 20 heavy (non-hydrogen) atoms. The van der Waals surface area contributed by atoms with Crippen LogP contribution in [0.2, 0.25) is 0 Å². The van der Waals surface area contributed by atoms with E-state index in [4.69, 9.17) is 5.11 Å². The lowest BCUT2D eigenvalue weighted by Crippen LogP contribution is -2.40. The summed E-state index contributed by atoms with van der Waals surface area (Å²) < 4.78 is 0. The molecule has 1 fully saturated rings. The van der Waals surface area contributed by atoms with Crippen LogP contribution in [0.5, 0.6) is 0 Å². The molecule has 0 spiro atoms. The van der Waals surface area contributed by atoms with Crippen molar-refractivity contribution >= 4 is 6.03 Å². The van der Waals surface area contributed by atoms with Crippen LogP contribution in [-0.4, -0.2) is 42.0 Å². The summed E-state index contributed by atoms with van der Waals surface area (Å²) in [4.78, 5) is 11.6. The quantitative estimate of drug-likeness (QED) is 0.537. The molecule has 0 radical (unpaired) electrons. The molecule has 0 aromatic rings. The summed E-state index contributed by atoms with van der Waals surface area (Å²) in [5.41, 5.74) is -0.0730. The maximum Gasteiger partial charge on any atom is 0.314 e. The molecule has 4 N–H and O–H groups in total. The Bertz CT molecular complexity index is 295. The molecule has 1 saturated carbocycles. The normalized spacial score (nSPS) is 23.4. The van der Waals surface area contributed by atoms with E-state index in [0.29, 0.717) is 19.0 Å². The van der Waals surface area contributed by atoms with Crippen LogP contribution in [0.3, 0.4) is 0 Å². The van der Waals surface area contributed by atoms with Crippen LogP contribution < -0.4 is 10.6 Å². The van der Waals surface area contributed by atoms with Gasteiger partial charge in [-0.3, -0.25) is 0 Å². The van der Waals surface area contributed by atoms with Gasteiger partial charge in [0, 0.05) is 19.7 Å². The van der Waals surface area contributed by atoms with Gasteiger partial charge < -0.3 is 20.8 Å². The van der Waals surface area contributed by atoms with Gasteiger partial charge in [-0.05, 0) is 43.4 Å². The predicted molar refractivity (Wildman–Crippen MR) is 79.5 cm³/mol. The Morgan fingerprint density at radius 2 is 2.05 bits per heavy atom. The van der Waals surface area contributed by atoms with Crippen molar-refractivity contribution < 1.29 is 15.0 Å². The Morgan fingerprint density at radius 1 is 1.30 bits per heavy atom. The Kier molecular flexibility index (Phi) is 7.30. The Balaban J connectivity index is 2.06. The molecule has 0 heterocycles. The third-order valence-electron chi connectivity index (χ3n) is 4.05. The van der Waals surface area contributed by atoms with Crippen molar-refractivity contribution in [3.63, 3.8) is 0 Å². The number of rotatable bonds is 7. The van der Waals surface area contributed by atoms with Crippen LogP contribution in [0.15, 0.2) is 0 Å². The van der Waals surface area contributed by atoms with Crippen molar-refractivity contribution in [1.29, 1.82) is 0 Å². The summed E-state index contributed by atoms with van der Waals surface area (Å²) in [6.07, 6.45) is 5.38. The molecule has 1 rings (SSSR count). The molecule has 0 aromatic heterocycles. The van der Waals surface area contributed by atoms with E-state index < -0.39 is 0 Å². The molecule has 118 valence electrons. The molecule has 5 nitrogen and oxygen atoms in total. The first-order chi connectivity index (χ1) is 9.43. The summed E-state index contributed by atoms with van der Waals surface area (Å²) in [5.74, 6) is 0.401. The number of urea groups is 1. The van der Waals surface area contributed by atoms with Gasteiger partial charge in [-0.2, -0.15) is 0 Å². The molecular weight excluding hydrogens is 256 g/mol. The molecule has 0 aliphatic heterocycles. The molecule has 1 aliphatic carbocycles. The number of hydrogen-bond donors (Lipinski definition) is 4. The average Bonchev–Trinajstić information content (AvgIpc) is 2.41. The van der Waals surface area contributed by atoms with Crippen LogP contribution in [0.25, 0.3) is 0 Å². The first-order valence-corrected chi connectivity index (χ1v) is 7.73. The minimum atomic E-state index is -0.195. The van der Waals surface area contributed by atoms with Crippen molar-refractivity contribution in [2.45, 2.75) is 58.5 Å². The summed E-state index contributed by atoms with van der Waals surface area (Å²) in [6, 6.07) is -0.133. The zero-order chi connectivity index (χ0) is 15.0. The number of aliphatic hydroxyl groups is 2. The van der Waals surface area contributed by atoms with Crippen LogP contribution >= 0.6 is 0 Å². The van der Waals surface area contributed by atoms with Gasteiger partial charge >= 0.3 is 6.03 Å².